The number of rotatable bonds is 5. The van der Waals surface area contributed by atoms with Gasteiger partial charge in [0.25, 0.3) is 0 Å². The van der Waals surface area contributed by atoms with Crippen molar-refractivity contribution in [2.75, 3.05) is 45.3 Å². The van der Waals surface area contributed by atoms with Crippen molar-refractivity contribution in [3.05, 3.63) is 0 Å². The summed E-state index contributed by atoms with van der Waals surface area (Å²) in [6, 6.07) is 0.536. The van der Waals surface area contributed by atoms with Crippen molar-refractivity contribution >= 4 is 12.6 Å². The van der Waals surface area contributed by atoms with Gasteiger partial charge in [-0.2, -0.15) is 12.6 Å². The van der Waals surface area contributed by atoms with Crippen molar-refractivity contribution in [2.24, 2.45) is 0 Å². The molecule has 0 aromatic rings. The van der Waals surface area contributed by atoms with E-state index < -0.39 is 0 Å². The Labute approximate surface area is 85.8 Å². The molecule has 1 atom stereocenters. The molecule has 1 unspecified atom stereocenters. The Morgan fingerprint density at radius 3 is 3.08 bits per heavy atom. The van der Waals surface area contributed by atoms with Gasteiger partial charge in [-0.1, -0.05) is 0 Å². The predicted octanol–water partition coefficient (Wildman–Crippen LogP) is 0.653. The summed E-state index contributed by atoms with van der Waals surface area (Å²) < 4.78 is 10.7. The lowest BCUT2D eigenvalue weighted by atomic mass is 10.2. The zero-order chi connectivity index (χ0) is 9.52. The van der Waals surface area contributed by atoms with Crippen molar-refractivity contribution in [2.45, 2.75) is 13.0 Å². The third-order valence-corrected chi connectivity index (χ3v) is 2.45. The monoisotopic (exact) mass is 205 g/mol. The number of nitrogens with zero attached hydrogens (tertiary/aromatic N) is 1. The maximum absolute atomic E-state index is 5.38. The first kappa shape index (κ1) is 11.3. The molecule has 3 nitrogen and oxygen atoms in total. The first-order chi connectivity index (χ1) is 6.34. The Morgan fingerprint density at radius 1 is 1.54 bits per heavy atom. The SMILES string of the molecule is CC1COCCN1CCOCCS. The van der Waals surface area contributed by atoms with E-state index in [1.165, 1.54) is 0 Å². The van der Waals surface area contributed by atoms with Gasteiger partial charge in [-0.05, 0) is 6.92 Å². The molecule has 0 radical (unpaired) electrons. The Hall–Kier alpha value is 0.230. The maximum atomic E-state index is 5.38. The second-order valence-corrected chi connectivity index (χ2v) is 3.74. The summed E-state index contributed by atoms with van der Waals surface area (Å²) in [5.74, 6) is 0.804. The molecule has 1 heterocycles. The molecule has 1 rings (SSSR count). The number of morpholine rings is 1. The summed E-state index contributed by atoms with van der Waals surface area (Å²) in [6.45, 7) is 7.51. The lowest BCUT2D eigenvalue weighted by molar-refractivity contribution is -0.0126. The zero-order valence-electron chi connectivity index (χ0n) is 8.24. The molecule has 0 aromatic heterocycles. The van der Waals surface area contributed by atoms with Gasteiger partial charge in [0.05, 0.1) is 26.4 Å². The molecule has 0 saturated carbocycles. The van der Waals surface area contributed by atoms with Gasteiger partial charge in [-0.25, -0.2) is 0 Å². The average molecular weight is 205 g/mol. The highest BCUT2D eigenvalue weighted by Gasteiger charge is 2.17. The largest absolute Gasteiger partial charge is 0.379 e. The normalized spacial score (nSPS) is 24.9. The van der Waals surface area contributed by atoms with E-state index in [0.29, 0.717) is 6.04 Å². The van der Waals surface area contributed by atoms with Crippen LogP contribution in [0.5, 0.6) is 0 Å². The van der Waals surface area contributed by atoms with Gasteiger partial charge < -0.3 is 9.47 Å². The Balaban J connectivity index is 2.05. The highest BCUT2D eigenvalue weighted by Crippen LogP contribution is 2.04. The van der Waals surface area contributed by atoms with Gasteiger partial charge in [0.1, 0.15) is 0 Å². The fraction of sp³-hybridized carbons (Fsp3) is 1.00. The van der Waals surface area contributed by atoms with Crippen LogP contribution in [0.25, 0.3) is 0 Å². The van der Waals surface area contributed by atoms with Crippen LogP contribution >= 0.6 is 12.6 Å². The minimum atomic E-state index is 0.536. The van der Waals surface area contributed by atoms with Gasteiger partial charge in [-0.3, -0.25) is 4.90 Å². The molecule has 1 aliphatic heterocycles. The minimum absolute atomic E-state index is 0.536. The van der Waals surface area contributed by atoms with Crippen LogP contribution in [0.1, 0.15) is 6.92 Å². The number of hydrogen-bond donors (Lipinski definition) is 1. The van der Waals surface area contributed by atoms with E-state index in [1.807, 2.05) is 0 Å². The molecule has 78 valence electrons. The van der Waals surface area contributed by atoms with Gasteiger partial charge in [-0.15, -0.1) is 0 Å². The van der Waals surface area contributed by atoms with Crippen molar-refractivity contribution in [3.8, 4) is 0 Å². The van der Waals surface area contributed by atoms with Gasteiger partial charge in [0.15, 0.2) is 0 Å². The molecule has 13 heavy (non-hydrogen) atoms. The van der Waals surface area contributed by atoms with Crippen LogP contribution in [-0.4, -0.2) is 56.2 Å². The third kappa shape index (κ3) is 4.31. The van der Waals surface area contributed by atoms with Crippen LogP contribution in [0.2, 0.25) is 0 Å². The smallest absolute Gasteiger partial charge is 0.0619 e. The van der Waals surface area contributed by atoms with Crippen molar-refractivity contribution in [1.29, 1.82) is 0 Å². The van der Waals surface area contributed by atoms with Crippen molar-refractivity contribution in [1.82, 2.24) is 4.90 Å². The molecule has 0 amide bonds. The fourth-order valence-electron chi connectivity index (χ4n) is 1.44. The van der Waals surface area contributed by atoms with Crippen LogP contribution in [0, 0.1) is 0 Å². The number of ether oxygens (including phenoxy) is 2. The molecule has 0 N–H and O–H groups in total. The quantitative estimate of drug-likeness (QED) is 0.526. The maximum Gasteiger partial charge on any atom is 0.0619 e. The summed E-state index contributed by atoms with van der Waals surface area (Å²) in [6.07, 6.45) is 0. The summed E-state index contributed by atoms with van der Waals surface area (Å²) >= 11 is 4.08. The summed E-state index contributed by atoms with van der Waals surface area (Å²) in [5, 5.41) is 0. The molecule has 1 aliphatic rings. The van der Waals surface area contributed by atoms with E-state index in [4.69, 9.17) is 9.47 Å². The van der Waals surface area contributed by atoms with Crippen LogP contribution in [0.3, 0.4) is 0 Å². The van der Waals surface area contributed by atoms with E-state index in [-0.39, 0.29) is 0 Å². The predicted molar refractivity (Wildman–Crippen MR) is 56.5 cm³/mol. The topological polar surface area (TPSA) is 21.7 Å². The van der Waals surface area contributed by atoms with Crippen LogP contribution < -0.4 is 0 Å². The highest BCUT2D eigenvalue weighted by molar-refractivity contribution is 7.80. The molecular formula is C9H19NO2S. The second kappa shape index (κ2) is 6.65. The lowest BCUT2D eigenvalue weighted by Gasteiger charge is -2.32. The van der Waals surface area contributed by atoms with E-state index in [1.54, 1.807) is 0 Å². The summed E-state index contributed by atoms with van der Waals surface area (Å²) in [4.78, 5) is 2.40. The van der Waals surface area contributed by atoms with E-state index in [9.17, 15) is 0 Å². The van der Waals surface area contributed by atoms with Crippen LogP contribution in [0.15, 0.2) is 0 Å². The molecule has 0 aliphatic carbocycles. The molecule has 1 fully saturated rings. The molecule has 0 aromatic carbocycles. The minimum Gasteiger partial charge on any atom is -0.379 e. The third-order valence-electron chi connectivity index (χ3n) is 2.26. The van der Waals surface area contributed by atoms with E-state index in [2.05, 4.69) is 24.5 Å². The Kier molecular flexibility index (Phi) is 5.78. The van der Waals surface area contributed by atoms with Gasteiger partial charge in [0, 0.05) is 24.9 Å². The summed E-state index contributed by atoms with van der Waals surface area (Å²) in [7, 11) is 0. The number of hydrogen-bond acceptors (Lipinski definition) is 4. The van der Waals surface area contributed by atoms with Crippen LogP contribution in [0.4, 0.5) is 0 Å². The standard InChI is InChI=1S/C9H19NO2S/c1-9-8-12-5-3-10(9)2-4-11-6-7-13/h9,13H,2-8H2,1H3. The molecule has 1 saturated heterocycles. The fourth-order valence-corrected chi connectivity index (χ4v) is 1.57. The van der Waals surface area contributed by atoms with Gasteiger partial charge in [0.2, 0.25) is 0 Å². The first-order valence-electron chi connectivity index (χ1n) is 4.85. The molecule has 0 spiro atoms. The van der Waals surface area contributed by atoms with Crippen molar-refractivity contribution in [3.63, 3.8) is 0 Å². The Bertz CT molecular complexity index is 135. The van der Waals surface area contributed by atoms with Crippen molar-refractivity contribution < 1.29 is 9.47 Å². The average Bonchev–Trinajstić information content (AvgIpc) is 2.15. The first-order valence-corrected chi connectivity index (χ1v) is 5.48. The Morgan fingerprint density at radius 2 is 2.38 bits per heavy atom. The molecule has 0 bridgehead atoms. The van der Waals surface area contributed by atoms with E-state index in [0.717, 1.165) is 45.3 Å². The van der Waals surface area contributed by atoms with Gasteiger partial charge >= 0.3 is 0 Å². The van der Waals surface area contributed by atoms with E-state index >= 15 is 0 Å². The lowest BCUT2D eigenvalue weighted by Crippen LogP contribution is -2.45. The summed E-state index contributed by atoms with van der Waals surface area (Å²) in [5.41, 5.74) is 0. The zero-order valence-corrected chi connectivity index (χ0v) is 9.13. The van der Waals surface area contributed by atoms with Crippen LogP contribution in [-0.2, 0) is 9.47 Å². The molecule has 4 heteroatoms. The highest BCUT2D eigenvalue weighted by atomic mass is 32.1. The molecular weight excluding hydrogens is 186 g/mol. The second-order valence-electron chi connectivity index (χ2n) is 3.30. The number of thiol groups is 1.